The summed E-state index contributed by atoms with van der Waals surface area (Å²) in [6.45, 7) is 7.56. The van der Waals surface area contributed by atoms with Crippen LogP contribution in [0.5, 0.6) is 0 Å². The van der Waals surface area contributed by atoms with Crippen LogP contribution in [-0.4, -0.2) is 27.1 Å². The second-order valence-corrected chi connectivity index (χ2v) is 9.54. The quantitative estimate of drug-likeness (QED) is 0.432. The van der Waals surface area contributed by atoms with Crippen molar-refractivity contribution in [2.45, 2.75) is 32.6 Å². The molecule has 32 heavy (non-hydrogen) atoms. The largest absolute Gasteiger partial charge is 0.271 e. The highest BCUT2D eigenvalue weighted by atomic mass is 32.2. The Morgan fingerprint density at radius 3 is 2.22 bits per heavy atom. The van der Waals surface area contributed by atoms with Crippen molar-refractivity contribution < 1.29 is 13.2 Å². The zero-order valence-electron chi connectivity index (χ0n) is 18.7. The third-order valence-electron chi connectivity index (χ3n) is 5.43. The normalized spacial score (nSPS) is 11.5. The van der Waals surface area contributed by atoms with Crippen molar-refractivity contribution in [2.75, 3.05) is 10.8 Å². The number of carbonyl (C=O) groups excluding carboxylic acids is 1. The summed E-state index contributed by atoms with van der Waals surface area (Å²) in [4.78, 5) is 12.7. The molecule has 3 rings (SSSR count). The number of nitrogens with one attached hydrogen (secondary N) is 1. The molecule has 0 aliphatic rings. The summed E-state index contributed by atoms with van der Waals surface area (Å²) in [7, 11) is -3.94. The van der Waals surface area contributed by atoms with Crippen LogP contribution in [-0.2, 0) is 14.8 Å². The van der Waals surface area contributed by atoms with Gasteiger partial charge < -0.3 is 0 Å². The number of para-hydroxylation sites is 1. The number of hydrogen-bond acceptors (Lipinski definition) is 4. The van der Waals surface area contributed by atoms with Gasteiger partial charge >= 0.3 is 0 Å². The van der Waals surface area contributed by atoms with Crippen LogP contribution in [0.25, 0.3) is 0 Å². The molecule has 7 heteroatoms. The van der Waals surface area contributed by atoms with Gasteiger partial charge in [0.15, 0.2) is 0 Å². The van der Waals surface area contributed by atoms with Gasteiger partial charge in [-0.3, -0.25) is 9.10 Å². The number of benzene rings is 3. The highest BCUT2D eigenvalue weighted by Gasteiger charge is 2.27. The molecule has 6 nitrogen and oxygen atoms in total. The highest BCUT2D eigenvalue weighted by Crippen LogP contribution is 2.23. The van der Waals surface area contributed by atoms with E-state index in [4.69, 9.17) is 0 Å². The van der Waals surface area contributed by atoms with Gasteiger partial charge in [-0.15, -0.1) is 0 Å². The lowest BCUT2D eigenvalue weighted by molar-refractivity contribution is -0.119. The first-order chi connectivity index (χ1) is 15.2. The molecule has 0 aliphatic carbocycles. The Morgan fingerprint density at radius 1 is 0.906 bits per heavy atom. The van der Waals surface area contributed by atoms with Crippen molar-refractivity contribution in [3.8, 4) is 0 Å². The van der Waals surface area contributed by atoms with Crippen molar-refractivity contribution in [2.24, 2.45) is 5.10 Å². The molecule has 0 aliphatic heterocycles. The standard InChI is InChI=1S/C25H27N3O3S/c1-18-10-14-24(15-11-18)32(30,31)28(23-8-6-5-7-9-23)17-25(29)27-26-16-22-13-12-19(2)20(3)21(22)4/h5-16H,17H2,1-4H3,(H,27,29)/b26-16-. The number of nitrogens with zero attached hydrogens (tertiary/aromatic N) is 2. The number of amides is 1. The second kappa shape index (κ2) is 9.78. The Balaban J connectivity index is 1.82. The number of hydrazone groups is 1. The van der Waals surface area contributed by atoms with E-state index in [1.165, 1.54) is 11.1 Å². The topological polar surface area (TPSA) is 78.8 Å². The Kier molecular flexibility index (Phi) is 7.10. The lowest BCUT2D eigenvalue weighted by Gasteiger charge is -2.23. The lowest BCUT2D eigenvalue weighted by atomic mass is 10.00. The van der Waals surface area contributed by atoms with Crippen molar-refractivity contribution in [1.82, 2.24) is 5.43 Å². The fraction of sp³-hybridized carbons (Fsp3) is 0.200. The van der Waals surface area contributed by atoms with Crippen LogP contribution in [0.2, 0.25) is 0 Å². The third-order valence-corrected chi connectivity index (χ3v) is 7.22. The third kappa shape index (κ3) is 5.23. The van der Waals surface area contributed by atoms with Crippen LogP contribution in [0.3, 0.4) is 0 Å². The number of rotatable bonds is 7. The van der Waals surface area contributed by atoms with Crippen LogP contribution in [0, 0.1) is 27.7 Å². The first-order valence-corrected chi connectivity index (χ1v) is 11.7. The lowest BCUT2D eigenvalue weighted by Crippen LogP contribution is -2.39. The zero-order valence-corrected chi connectivity index (χ0v) is 19.5. The number of aryl methyl sites for hydroxylation is 2. The Hall–Kier alpha value is -3.45. The van der Waals surface area contributed by atoms with E-state index in [0.29, 0.717) is 5.69 Å². The summed E-state index contributed by atoms with van der Waals surface area (Å²) in [6.07, 6.45) is 1.57. The molecule has 1 N–H and O–H groups in total. The predicted molar refractivity (Wildman–Crippen MR) is 129 cm³/mol. The first kappa shape index (κ1) is 23.2. The fourth-order valence-electron chi connectivity index (χ4n) is 3.20. The maximum atomic E-state index is 13.3. The minimum absolute atomic E-state index is 0.119. The number of sulfonamides is 1. The molecular formula is C25H27N3O3S. The molecule has 0 aromatic heterocycles. The summed E-state index contributed by atoms with van der Waals surface area (Å²) in [5, 5.41) is 4.04. The number of hydrogen-bond donors (Lipinski definition) is 1. The first-order valence-electron chi connectivity index (χ1n) is 10.2. The molecule has 0 spiro atoms. The summed E-state index contributed by atoms with van der Waals surface area (Å²) in [6, 6.07) is 19.0. The molecule has 3 aromatic rings. The van der Waals surface area contributed by atoms with Gasteiger partial charge in [-0.05, 0) is 74.2 Å². The smallest absolute Gasteiger partial charge is 0.264 e. The van der Waals surface area contributed by atoms with Crippen LogP contribution in [0.1, 0.15) is 27.8 Å². The van der Waals surface area contributed by atoms with Crippen LogP contribution < -0.4 is 9.73 Å². The van der Waals surface area contributed by atoms with E-state index in [-0.39, 0.29) is 4.90 Å². The van der Waals surface area contributed by atoms with E-state index in [1.54, 1.807) is 60.8 Å². The molecule has 1 amide bonds. The van der Waals surface area contributed by atoms with Gasteiger partial charge in [-0.2, -0.15) is 5.10 Å². The minimum Gasteiger partial charge on any atom is -0.271 e. The van der Waals surface area contributed by atoms with Gasteiger partial charge in [0.05, 0.1) is 16.8 Å². The van der Waals surface area contributed by atoms with Crippen LogP contribution in [0.4, 0.5) is 5.69 Å². The minimum atomic E-state index is -3.94. The summed E-state index contributed by atoms with van der Waals surface area (Å²) >= 11 is 0. The summed E-state index contributed by atoms with van der Waals surface area (Å²) < 4.78 is 27.7. The Bertz CT molecular complexity index is 1240. The van der Waals surface area contributed by atoms with Crippen LogP contribution >= 0.6 is 0 Å². The Labute approximate surface area is 189 Å². The SMILES string of the molecule is Cc1ccc(S(=O)(=O)N(CC(=O)N/N=C\c2ccc(C)c(C)c2C)c2ccccc2)cc1. The van der Waals surface area contributed by atoms with E-state index in [0.717, 1.165) is 21.0 Å². The summed E-state index contributed by atoms with van der Waals surface area (Å²) in [5.41, 5.74) is 8.12. The van der Waals surface area contributed by atoms with E-state index in [2.05, 4.69) is 10.5 Å². The predicted octanol–water partition coefficient (Wildman–Crippen LogP) is 4.27. The highest BCUT2D eigenvalue weighted by molar-refractivity contribution is 7.92. The molecule has 3 aromatic carbocycles. The fourth-order valence-corrected chi connectivity index (χ4v) is 4.62. The number of anilines is 1. The van der Waals surface area contributed by atoms with E-state index in [1.807, 2.05) is 39.8 Å². The molecule has 166 valence electrons. The molecule has 0 saturated heterocycles. The zero-order chi connectivity index (χ0) is 23.3. The molecule has 0 saturated carbocycles. The van der Waals surface area contributed by atoms with Gasteiger partial charge in [-0.25, -0.2) is 13.8 Å². The van der Waals surface area contributed by atoms with Crippen LogP contribution in [0.15, 0.2) is 76.7 Å². The van der Waals surface area contributed by atoms with Gasteiger partial charge in [0.1, 0.15) is 6.54 Å². The molecule has 0 bridgehead atoms. The van der Waals surface area contributed by atoms with E-state index < -0.39 is 22.5 Å². The molecular weight excluding hydrogens is 422 g/mol. The average molecular weight is 450 g/mol. The van der Waals surface area contributed by atoms with Gasteiger partial charge in [0.25, 0.3) is 15.9 Å². The maximum absolute atomic E-state index is 13.3. The average Bonchev–Trinajstić information content (AvgIpc) is 2.78. The van der Waals surface area contributed by atoms with Gasteiger partial charge in [0, 0.05) is 0 Å². The number of carbonyl (C=O) groups is 1. The second-order valence-electron chi connectivity index (χ2n) is 7.68. The van der Waals surface area contributed by atoms with E-state index >= 15 is 0 Å². The van der Waals surface area contributed by atoms with Crippen molar-refractivity contribution >= 4 is 27.8 Å². The molecule has 0 atom stereocenters. The molecule has 0 fully saturated rings. The monoisotopic (exact) mass is 449 g/mol. The van der Waals surface area contributed by atoms with Crippen molar-refractivity contribution in [3.63, 3.8) is 0 Å². The van der Waals surface area contributed by atoms with Crippen molar-refractivity contribution in [1.29, 1.82) is 0 Å². The molecule has 0 radical (unpaired) electrons. The molecule has 0 unspecified atom stereocenters. The molecule has 0 heterocycles. The van der Waals surface area contributed by atoms with E-state index in [9.17, 15) is 13.2 Å². The van der Waals surface area contributed by atoms with Gasteiger partial charge in [0.2, 0.25) is 0 Å². The summed E-state index contributed by atoms with van der Waals surface area (Å²) in [5.74, 6) is -0.540. The van der Waals surface area contributed by atoms with Gasteiger partial charge in [-0.1, -0.05) is 48.0 Å². The Morgan fingerprint density at radius 2 is 1.56 bits per heavy atom. The maximum Gasteiger partial charge on any atom is 0.264 e. The van der Waals surface area contributed by atoms with Crippen molar-refractivity contribution in [3.05, 3.63) is 94.5 Å².